The van der Waals surface area contributed by atoms with Gasteiger partial charge in [-0.25, -0.2) is 0 Å². The topological polar surface area (TPSA) is 84.5 Å². The van der Waals surface area contributed by atoms with Gasteiger partial charge in [-0.05, 0) is 87.6 Å². The summed E-state index contributed by atoms with van der Waals surface area (Å²) in [7, 11) is 5.59. The highest BCUT2D eigenvalue weighted by Gasteiger charge is 2.38. The number of methoxy groups -OCH3 is 2. The van der Waals surface area contributed by atoms with Gasteiger partial charge in [0.05, 0.1) is 32.1 Å². The molecule has 2 aromatic rings. The summed E-state index contributed by atoms with van der Waals surface area (Å²) in [6.45, 7) is 10.8. The van der Waals surface area contributed by atoms with E-state index in [4.69, 9.17) is 18.9 Å². The third-order valence-electron chi connectivity index (χ3n) is 9.79. The summed E-state index contributed by atoms with van der Waals surface area (Å²) < 4.78 is 23.4. The Balaban J connectivity index is 1.24. The van der Waals surface area contributed by atoms with E-state index in [1.54, 1.807) is 14.2 Å². The highest BCUT2D eigenvalue weighted by atomic mass is 16.5. The van der Waals surface area contributed by atoms with E-state index in [2.05, 4.69) is 71.7 Å². The average molecular weight is 623 g/mol. The summed E-state index contributed by atoms with van der Waals surface area (Å²) >= 11 is 0. The molecular weight excluding hydrogens is 568 g/mol. The van der Waals surface area contributed by atoms with E-state index >= 15 is 0 Å². The summed E-state index contributed by atoms with van der Waals surface area (Å²) in [5.74, 6) is 2.13. The van der Waals surface area contributed by atoms with Gasteiger partial charge in [-0.15, -0.1) is 0 Å². The standard InChI is InChI=1S/C36H54N4O5/c1-36(2,35(41)38-28-13-16-39(3)17-14-28)23-29-22-31(27-8-10-30(43-5)11-9-27)34(24-37-29)45-25-26-7-12-33-32(21-26)40(18-20-44-33)15-6-19-42-4/h7-12,21,28-29,31,34,37H,6,13-20,22-25H2,1-5H3,(H,38,41)/t29-,31+,34-/m0/s1. The highest BCUT2D eigenvalue weighted by Crippen LogP contribution is 2.37. The Morgan fingerprint density at radius 3 is 2.60 bits per heavy atom. The smallest absolute Gasteiger partial charge is 0.225 e. The number of carbonyl (C=O) groups is 1. The molecule has 248 valence electrons. The third kappa shape index (κ3) is 8.91. The first kappa shape index (κ1) is 33.5. The van der Waals surface area contributed by atoms with Gasteiger partial charge in [0.25, 0.3) is 0 Å². The number of benzene rings is 2. The molecule has 0 radical (unpaired) electrons. The summed E-state index contributed by atoms with van der Waals surface area (Å²) in [6.07, 6.45) is 4.67. The van der Waals surface area contributed by atoms with Crippen molar-refractivity contribution in [2.24, 2.45) is 5.41 Å². The van der Waals surface area contributed by atoms with Crippen molar-refractivity contribution in [2.75, 3.05) is 72.1 Å². The van der Waals surface area contributed by atoms with Gasteiger partial charge >= 0.3 is 0 Å². The average Bonchev–Trinajstić information content (AvgIpc) is 3.05. The Hall–Kier alpha value is -2.85. The summed E-state index contributed by atoms with van der Waals surface area (Å²) in [4.78, 5) is 18.1. The van der Waals surface area contributed by atoms with Crippen molar-refractivity contribution in [1.29, 1.82) is 0 Å². The molecule has 2 aromatic carbocycles. The van der Waals surface area contributed by atoms with Crippen LogP contribution in [0, 0.1) is 5.41 Å². The maximum atomic E-state index is 13.4. The molecule has 0 aromatic heterocycles. The maximum absolute atomic E-state index is 13.4. The quantitative estimate of drug-likeness (QED) is 0.314. The maximum Gasteiger partial charge on any atom is 0.225 e. The number of rotatable bonds is 13. The molecule has 2 fully saturated rings. The minimum Gasteiger partial charge on any atom is -0.497 e. The SMILES string of the molecule is COCCCN1CCOc2ccc(CO[C@H]3CN[C@H](CC(C)(C)C(=O)NC4CCN(C)CC4)C[C@@H]3c3ccc(OC)cc3)cc21. The van der Waals surface area contributed by atoms with Crippen LogP contribution in [0.3, 0.4) is 0 Å². The summed E-state index contributed by atoms with van der Waals surface area (Å²) in [6, 6.07) is 15.3. The van der Waals surface area contributed by atoms with Crippen molar-refractivity contribution in [3.63, 3.8) is 0 Å². The Labute approximate surface area is 269 Å². The van der Waals surface area contributed by atoms with Gasteiger partial charge in [0.1, 0.15) is 18.1 Å². The number of likely N-dealkylation sites (tertiary alicyclic amines) is 1. The second-order valence-corrected chi connectivity index (χ2v) is 13.7. The molecule has 1 amide bonds. The molecule has 45 heavy (non-hydrogen) atoms. The second-order valence-electron chi connectivity index (χ2n) is 13.7. The van der Waals surface area contributed by atoms with Crippen LogP contribution >= 0.6 is 0 Å². The molecule has 2 N–H and O–H groups in total. The van der Waals surface area contributed by atoms with Crippen LogP contribution in [-0.2, 0) is 20.9 Å². The lowest BCUT2D eigenvalue weighted by Crippen LogP contribution is -2.52. The Kier molecular flexibility index (Phi) is 11.6. The van der Waals surface area contributed by atoms with E-state index in [0.717, 1.165) is 94.2 Å². The van der Waals surface area contributed by atoms with Gasteiger partial charge in [0.2, 0.25) is 5.91 Å². The van der Waals surface area contributed by atoms with Crippen LogP contribution in [-0.4, -0.2) is 96.2 Å². The lowest BCUT2D eigenvalue weighted by Gasteiger charge is -2.40. The van der Waals surface area contributed by atoms with Gasteiger partial charge < -0.3 is 39.4 Å². The zero-order chi connectivity index (χ0) is 31.8. The van der Waals surface area contributed by atoms with Crippen LogP contribution in [0.5, 0.6) is 11.5 Å². The number of nitrogens with zero attached hydrogens (tertiary/aromatic N) is 2. The zero-order valence-electron chi connectivity index (χ0n) is 28.0. The molecule has 9 heteroatoms. The van der Waals surface area contributed by atoms with Crippen molar-refractivity contribution >= 4 is 11.6 Å². The van der Waals surface area contributed by atoms with Gasteiger partial charge in [-0.2, -0.15) is 0 Å². The van der Waals surface area contributed by atoms with Gasteiger partial charge in [-0.3, -0.25) is 4.79 Å². The third-order valence-corrected chi connectivity index (χ3v) is 9.79. The van der Waals surface area contributed by atoms with E-state index < -0.39 is 5.41 Å². The number of amides is 1. The molecule has 3 aliphatic heterocycles. The van der Waals surface area contributed by atoms with Crippen LogP contribution in [0.2, 0.25) is 0 Å². The molecule has 3 atom stereocenters. The van der Waals surface area contributed by atoms with Gasteiger partial charge in [0.15, 0.2) is 0 Å². The summed E-state index contributed by atoms with van der Waals surface area (Å²) in [5, 5.41) is 7.12. The van der Waals surface area contributed by atoms with Gasteiger partial charge in [-0.1, -0.05) is 32.0 Å². The lowest BCUT2D eigenvalue weighted by atomic mass is 9.77. The Morgan fingerprint density at radius 1 is 1.09 bits per heavy atom. The molecule has 0 unspecified atom stereocenters. The molecule has 0 spiro atoms. The van der Waals surface area contributed by atoms with E-state index in [1.165, 1.54) is 5.56 Å². The molecule has 0 saturated carbocycles. The van der Waals surface area contributed by atoms with Crippen molar-refractivity contribution in [3.05, 3.63) is 53.6 Å². The lowest BCUT2D eigenvalue weighted by molar-refractivity contribution is -0.131. The minimum atomic E-state index is -0.473. The highest BCUT2D eigenvalue weighted by molar-refractivity contribution is 5.82. The van der Waals surface area contributed by atoms with Crippen molar-refractivity contribution in [2.45, 2.75) is 76.7 Å². The number of hydrogen-bond donors (Lipinski definition) is 2. The van der Waals surface area contributed by atoms with Crippen molar-refractivity contribution in [3.8, 4) is 11.5 Å². The van der Waals surface area contributed by atoms with Gasteiger partial charge in [0, 0.05) is 50.2 Å². The summed E-state index contributed by atoms with van der Waals surface area (Å²) in [5.41, 5.74) is 3.04. The number of ether oxygens (including phenoxy) is 4. The van der Waals surface area contributed by atoms with Crippen molar-refractivity contribution in [1.82, 2.24) is 15.5 Å². The number of fused-ring (bicyclic) bond motifs is 1. The molecule has 0 bridgehead atoms. The number of piperidine rings is 2. The first-order valence-corrected chi connectivity index (χ1v) is 16.7. The fourth-order valence-electron chi connectivity index (χ4n) is 6.98. The van der Waals surface area contributed by atoms with E-state index in [0.29, 0.717) is 13.2 Å². The van der Waals surface area contributed by atoms with Crippen LogP contribution in [0.4, 0.5) is 5.69 Å². The van der Waals surface area contributed by atoms with E-state index in [9.17, 15) is 4.79 Å². The molecule has 2 saturated heterocycles. The zero-order valence-corrected chi connectivity index (χ0v) is 28.0. The van der Waals surface area contributed by atoms with Crippen LogP contribution in [0.1, 0.15) is 63.0 Å². The molecular formula is C36H54N4O5. The van der Waals surface area contributed by atoms with E-state index in [1.807, 2.05) is 12.1 Å². The number of carbonyl (C=O) groups excluding carboxylic acids is 1. The van der Waals surface area contributed by atoms with Crippen LogP contribution < -0.4 is 25.0 Å². The second kappa shape index (κ2) is 15.6. The van der Waals surface area contributed by atoms with E-state index in [-0.39, 0.29) is 30.0 Å². The molecule has 3 heterocycles. The molecule has 9 nitrogen and oxygen atoms in total. The van der Waals surface area contributed by atoms with Crippen molar-refractivity contribution < 1.29 is 23.7 Å². The first-order chi connectivity index (χ1) is 21.8. The minimum absolute atomic E-state index is 0.00380. The number of nitrogens with one attached hydrogen (secondary N) is 2. The predicted octanol–water partition coefficient (Wildman–Crippen LogP) is 4.59. The van der Waals surface area contributed by atoms with Crippen LogP contribution in [0.15, 0.2) is 42.5 Å². The monoisotopic (exact) mass is 622 g/mol. The number of anilines is 1. The molecule has 5 rings (SSSR count). The predicted molar refractivity (Wildman–Crippen MR) is 178 cm³/mol. The fraction of sp³-hybridized carbons (Fsp3) is 0.639. The van der Waals surface area contributed by atoms with Crippen LogP contribution in [0.25, 0.3) is 0 Å². The normalized spacial score (nSPS) is 22.9. The number of hydrogen-bond acceptors (Lipinski definition) is 8. The molecule has 3 aliphatic rings. The Morgan fingerprint density at radius 2 is 1.87 bits per heavy atom. The first-order valence-electron chi connectivity index (χ1n) is 16.7. The Bertz CT molecular complexity index is 1230. The molecule has 0 aliphatic carbocycles. The largest absolute Gasteiger partial charge is 0.497 e. The fourth-order valence-corrected chi connectivity index (χ4v) is 6.98.